The van der Waals surface area contributed by atoms with Crippen LogP contribution < -0.4 is 5.32 Å². The average Bonchev–Trinajstić information content (AvgIpc) is 3.19. The number of aromatic nitrogens is 1. The van der Waals surface area contributed by atoms with Gasteiger partial charge in [0.2, 0.25) is 0 Å². The van der Waals surface area contributed by atoms with Gasteiger partial charge in [-0.2, -0.15) is 0 Å². The van der Waals surface area contributed by atoms with Crippen LogP contribution in [0.4, 0.5) is 0 Å². The Labute approximate surface area is 145 Å². The highest BCUT2D eigenvalue weighted by atomic mass is 35.5. The number of thiazole rings is 1. The van der Waals surface area contributed by atoms with Gasteiger partial charge in [-0.05, 0) is 37.6 Å². The van der Waals surface area contributed by atoms with Crippen LogP contribution in [0.2, 0.25) is 4.34 Å². The minimum Gasteiger partial charge on any atom is -0.351 e. The van der Waals surface area contributed by atoms with Gasteiger partial charge in [0.15, 0.2) is 0 Å². The molecule has 0 aliphatic heterocycles. The largest absolute Gasteiger partial charge is 0.351 e. The molecule has 0 aliphatic rings. The average molecular weight is 369 g/mol. The highest BCUT2D eigenvalue weighted by Gasteiger charge is 2.09. The van der Waals surface area contributed by atoms with Crippen LogP contribution in [0.3, 0.4) is 0 Å². The monoisotopic (exact) mass is 368 g/mol. The van der Waals surface area contributed by atoms with Crippen molar-refractivity contribution in [1.29, 1.82) is 0 Å². The molecular formula is C15H13ClN2OS3. The van der Waals surface area contributed by atoms with Gasteiger partial charge in [-0.25, -0.2) is 4.98 Å². The summed E-state index contributed by atoms with van der Waals surface area (Å²) in [5.74, 6) is -0.0659. The van der Waals surface area contributed by atoms with Gasteiger partial charge in [0, 0.05) is 16.8 Å². The number of nitrogens with zero attached hydrogens (tertiary/aromatic N) is 1. The second-order valence-electron chi connectivity index (χ2n) is 4.63. The van der Waals surface area contributed by atoms with Gasteiger partial charge in [-0.1, -0.05) is 11.6 Å². The van der Waals surface area contributed by atoms with Gasteiger partial charge >= 0.3 is 0 Å². The first-order chi connectivity index (χ1) is 10.6. The molecule has 1 N–H and O–H groups in total. The van der Waals surface area contributed by atoms with E-state index in [-0.39, 0.29) is 5.91 Å². The van der Waals surface area contributed by atoms with Crippen molar-refractivity contribution in [2.24, 2.45) is 0 Å². The normalized spacial score (nSPS) is 10.8. The molecule has 1 amide bonds. The van der Waals surface area contributed by atoms with Crippen molar-refractivity contribution in [2.75, 3.05) is 6.54 Å². The van der Waals surface area contributed by atoms with Crippen LogP contribution >= 0.6 is 45.6 Å². The fourth-order valence-corrected chi connectivity index (χ4v) is 4.56. The fourth-order valence-electron chi connectivity index (χ4n) is 1.95. The molecule has 0 unspecified atom stereocenters. The number of hydrogen-bond donors (Lipinski definition) is 1. The van der Waals surface area contributed by atoms with Crippen LogP contribution in [-0.4, -0.2) is 17.4 Å². The molecule has 3 rings (SSSR count). The molecule has 0 saturated heterocycles. The van der Waals surface area contributed by atoms with Crippen molar-refractivity contribution in [3.8, 4) is 10.6 Å². The summed E-state index contributed by atoms with van der Waals surface area (Å²) in [4.78, 5) is 19.5. The summed E-state index contributed by atoms with van der Waals surface area (Å²) in [6.45, 7) is 2.62. The molecule has 3 heterocycles. The van der Waals surface area contributed by atoms with E-state index >= 15 is 0 Å². The van der Waals surface area contributed by atoms with E-state index in [1.165, 1.54) is 21.1 Å². The van der Waals surface area contributed by atoms with Crippen molar-refractivity contribution in [1.82, 2.24) is 10.3 Å². The number of thiophene rings is 2. The van der Waals surface area contributed by atoms with E-state index in [4.69, 9.17) is 11.6 Å². The van der Waals surface area contributed by atoms with E-state index in [1.807, 2.05) is 6.92 Å². The van der Waals surface area contributed by atoms with E-state index in [0.29, 0.717) is 15.8 Å². The number of carbonyl (C=O) groups is 1. The van der Waals surface area contributed by atoms with Gasteiger partial charge in [-0.15, -0.1) is 34.0 Å². The Morgan fingerprint density at radius 3 is 2.82 bits per heavy atom. The molecule has 0 atom stereocenters. The van der Waals surface area contributed by atoms with E-state index in [1.54, 1.807) is 34.8 Å². The summed E-state index contributed by atoms with van der Waals surface area (Å²) in [6.07, 6.45) is 0.818. The molecule has 7 heteroatoms. The molecule has 3 nitrogen and oxygen atoms in total. The highest BCUT2D eigenvalue weighted by Crippen LogP contribution is 2.29. The van der Waals surface area contributed by atoms with E-state index in [0.717, 1.165) is 17.1 Å². The molecule has 0 saturated carbocycles. The highest BCUT2D eigenvalue weighted by molar-refractivity contribution is 7.18. The topological polar surface area (TPSA) is 42.0 Å². The SMILES string of the molecule is Cc1nc(-c2ccc(CCNC(=O)c3ccc(Cl)s3)s2)cs1. The molecule has 0 bridgehead atoms. The molecular weight excluding hydrogens is 356 g/mol. The number of amides is 1. The maximum atomic E-state index is 11.9. The quantitative estimate of drug-likeness (QED) is 0.698. The summed E-state index contributed by atoms with van der Waals surface area (Å²) in [5, 5.41) is 6.07. The Hall–Kier alpha value is -1.21. The second-order valence-corrected chi connectivity index (χ2v) is 8.57. The molecule has 0 fully saturated rings. The Bertz CT molecular complexity index is 790. The zero-order valence-corrected chi connectivity index (χ0v) is 15.0. The lowest BCUT2D eigenvalue weighted by Crippen LogP contribution is -2.24. The minimum atomic E-state index is -0.0659. The molecule has 3 aromatic heterocycles. The lowest BCUT2D eigenvalue weighted by Gasteiger charge is -2.01. The van der Waals surface area contributed by atoms with E-state index in [9.17, 15) is 4.79 Å². The van der Waals surface area contributed by atoms with Crippen molar-refractivity contribution in [2.45, 2.75) is 13.3 Å². The molecule has 114 valence electrons. The van der Waals surface area contributed by atoms with Crippen LogP contribution in [0.25, 0.3) is 10.6 Å². The van der Waals surface area contributed by atoms with Crippen molar-refractivity contribution < 1.29 is 4.79 Å². The summed E-state index contributed by atoms with van der Waals surface area (Å²) >= 11 is 10.5. The Morgan fingerprint density at radius 2 is 2.14 bits per heavy atom. The predicted octanol–water partition coefficient (Wildman–Crippen LogP) is 4.87. The molecule has 0 radical (unpaired) electrons. The number of halogens is 1. The molecule has 3 aromatic rings. The van der Waals surface area contributed by atoms with Gasteiger partial charge in [0.25, 0.3) is 5.91 Å². The minimum absolute atomic E-state index is 0.0659. The number of nitrogens with one attached hydrogen (secondary N) is 1. The third kappa shape index (κ3) is 3.76. The summed E-state index contributed by atoms with van der Waals surface area (Å²) in [5.41, 5.74) is 1.04. The Kier molecular flexibility index (Phi) is 4.93. The molecule has 22 heavy (non-hydrogen) atoms. The number of carbonyl (C=O) groups excluding carboxylic acids is 1. The standard InChI is InChI=1S/C15H13ClN2OS3/c1-9-18-11(8-20-9)12-3-2-10(21-12)6-7-17-15(19)13-4-5-14(16)22-13/h2-5,8H,6-7H2,1H3,(H,17,19). The first kappa shape index (κ1) is 15.7. The third-order valence-electron chi connectivity index (χ3n) is 2.99. The first-order valence-electron chi connectivity index (χ1n) is 6.66. The zero-order valence-electron chi connectivity index (χ0n) is 11.8. The number of rotatable bonds is 5. The van der Waals surface area contributed by atoms with Crippen molar-refractivity contribution >= 4 is 51.5 Å². The first-order valence-corrected chi connectivity index (χ1v) is 9.55. The number of aryl methyl sites for hydroxylation is 1. The van der Waals surface area contributed by atoms with Crippen LogP contribution in [0, 0.1) is 6.92 Å². The van der Waals surface area contributed by atoms with Gasteiger partial charge in [-0.3, -0.25) is 4.79 Å². The van der Waals surface area contributed by atoms with E-state index in [2.05, 4.69) is 27.8 Å². The Balaban J connectivity index is 1.54. The van der Waals surface area contributed by atoms with Crippen molar-refractivity contribution in [3.05, 3.63) is 48.7 Å². The summed E-state index contributed by atoms with van der Waals surface area (Å²) < 4.78 is 0.631. The zero-order chi connectivity index (χ0) is 15.5. The summed E-state index contributed by atoms with van der Waals surface area (Å²) in [7, 11) is 0. The lowest BCUT2D eigenvalue weighted by molar-refractivity contribution is 0.0958. The van der Waals surface area contributed by atoms with Crippen LogP contribution in [0.5, 0.6) is 0 Å². The van der Waals surface area contributed by atoms with Crippen LogP contribution in [-0.2, 0) is 6.42 Å². The fraction of sp³-hybridized carbons (Fsp3) is 0.200. The Morgan fingerprint density at radius 1 is 1.27 bits per heavy atom. The predicted molar refractivity (Wildman–Crippen MR) is 95.5 cm³/mol. The van der Waals surface area contributed by atoms with Gasteiger partial charge in [0.05, 0.1) is 24.8 Å². The number of hydrogen-bond acceptors (Lipinski definition) is 5. The van der Waals surface area contributed by atoms with Gasteiger partial charge in [0.1, 0.15) is 0 Å². The second kappa shape index (κ2) is 6.91. The van der Waals surface area contributed by atoms with E-state index < -0.39 is 0 Å². The van der Waals surface area contributed by atoms with Crippen LogP contribution in [0.15, 0.2) is 29.6 Å². The lowest BCUT2D eigenvalue weighted by atomic mass is 10.3. The molecule has 0 spiro atoms. The maximum Gasteiger partial charge on any atom is 0.261 e. The summed E-state index contributed by atoms with van der Waals surface area (Å²) in [6, 6.07) is 7.68. The van der Waals surface area contributed by atoms with Crippen LogP contribution in [0.1, 0.15) is 19.6 Å². The van der Waals surface area contributed by atoms with Crippen molar-refractivity contribution in [3.63, 3.8) is 0 Å². The van der Waals surface area contributed by atoms with Gasteiger partial charge < -0.3 is 5.32 Å². The molecule has 0 aliphatic carbocycles. The third-order valence-corrected chi connectivity index (χ3v) is 6.16. The smallest absolute Gasteiger partial charge is 0.261 e. The maximum absolute atomic E-state index is 11.9. The molecule has 0 aromatic carbocycles.